The van der Waals surface area contributed by atoms with Crippen LogP contribution in [-0.4, -0.2) is 70.0 Å². The first-order chi connectivity index (χ1) is 19.2. The molecule has 1 aliphatic rings. The van der Waals surface area contributed by atoms with Gasteiger partial charge in [-0.25, -0.2) is 18.9 Å². The van der Waals surface area contributed by atoms with E-state index in [1.807, 2.05) is 6.92 Å². The largest absolute Gasteiger partial charge is 0.462 e. The second-order valence-electron chi connectivity index (χ2n) is 11.1. The minimum atomic E-state index is -0.966. The lowest BCUT2D eigenvalue weighted by atomic mass is 10.0. The molecule has 2 aromatic heterocycles. The first-order valence-corrected chi connectivity index (χ1v) is 13.3. The van der Waals surface area contributed by atoms with Crippen molar-refractivity contribution in [2.24, 2.45) is 11.7 Å². The number of nitrogens with two attached hydrogens (primary N) is 1. The second-order valence-corrected chi connectivity index (χ2v) is 11.1. The first-order valence-electron chi connectivity index (χ1n) is 13.3. The number of halogens is 1. The van der Waals surface area contributed by atoms with Gasteiger partial charge in [-0.15, -0.1) is 0 Å². The molecule has 3 atom stereocenters. The molecule has 0 unspecified atom stereocenters. The van der Waals surface area contributed by atoms with Gasteiger partial charge >= 0.3 is 12.1 Å². The Morgan fingerprint density at radius 3 is 2.56 bits per heavy atom. The van der Waals surface area contributed by atoms with E-state index >= 15 is 4.39 Å². The van der Waals surface area contributed by atoms with Crippen molar-refractivity contribution in [3.8, 4) is 5.82 Å². The molecule has 13 heteroatoms. The molecule has 0 saturated carbocycles. The number of hydrogen-bond acceptors (Lipinski definition) is 10. The summed E-state index contributed by atoms with van der Waals surface area (Å²) in [5.41, 5.74) is 4.42. The van der Waals surface area contributed by atoms with E-state index in [2.05, 4.69) is 5.16 Å². The van der Waals surface area contributed by atoms with Crippen LogP contribution in [0.1, 0.15) is 51.9 Å². The highest BCUT2D eigenvalue weighted by molar-refractivity contribution is 5.96. The number of carbonyl (C=O) groups is 3. The molecule has 2 amide bonds. The maximum atomic E-state index is 15.7. The minimum absolute atomic E-state index is 0.0492. The van der Waals surface area contributed by atoms with E-state index in [0.29, 0.717) is 0 Å². The summed E-state index contributed by atoms with van der Waals surface area (Å²) in [5.74, 6) is -2.20. The Morgan fingerprint density at radius 1 is 1.27 bits per heavy atom. The highest BCUT2D eigenvalue weighted by Gasteiger charge is 2.43. The predicted molar refractivity (Wildman–Crippen MR) is 147 cm³/mol. The fraction of sp³-hybridized carbons (Fsp3) is 0.464. The van der Waals surface area contributed by atoms with Crippen molar-refractivity contribution in [3.63, 3.8) is 0 Å². The number of pyridine rings is 1. The van der Waals surface area contributed by atoms with Crippen molar-refractivity contribution in [2.45, 2.75) is 59.2 Å². The Kier molecular flexibility index (Phi) is 8.20. The lowest BCUT2D eigenvalue weighted by Crippen LogP contribution is -2.54. The van der Waals surface area contributed by atoms with Crippen LogP contribution in [0.15, 0.2) is 40.0 Å². The van der Waals surface area contributed by atoms with Gasteiger partial charge in [0.15, 0.2) is 5.82 Å². The van der Waals surface area contributed by atoms with Crippen LogP contribution in [0.4, 0.5) is 14.9 Å². The summed E-state index contributed by atoms with van der Waals surface area (Å²) in [5, 5.41) is 3.85. The molecular weight excluding hydrogens is 537 g/mol. The molecular formula is C28H34FN5O7. The number of anilines is 1. The summed E-state index contributed by atoms with van der Waals surface area (Å²) < 4.78 is 32.6. The van der Waals surface area contributed by atoms with Gasteiger partial charge < -0.3 is 24.6 Å². The Balaban J connectivity index is 1.80. The number of rotatable bonds is 6. The zero-order chi connectivity index (χ0) is 30.2. The van der Waals surface area contributed by atoms with Crippen LogP contribution in [0, 0.1) is 11.7 Å². The average Bonchev–Trinajstić information content (AvgIpc) is 3.54. The van der Waals surface area contributed by atoms with Gasteiger partial charge in [0.25, 0.3) is 0 Å². The third-order valence-electron chi connectivity index (χ3n) is 6.70. The van der Waals surface area contributed by atoms with E-state index in [0.717, 1.165) is 11.0 Å². The van der Waals surface area contributed by atoms with Crippen molar-refractivity contribution in [2.75, 3.05) is 24.6 Å². The number of amides is 2. The van der Waals surface area contributed by atoms with Gasteiger partial charge in [-0.3, -0.25) is 14.2 Å². The van der Waals surface area contributed by atoms with Crippen molar-refractivity contribution < 1.29 is 32.8 Å². The zero-order valence-electron chi connectivity index (χ0n) is 23.8. The Morgan fingerprint density at radius 2 is 1.98 bits per heavy atom. The van der Waals surface area contributed by atoms with Gasteiger partial charge in [0.05, 0.1) is 35.3 Å². The Bertz CT molecular complexity index is 1530. The van der Waals surface area contributed by atoms with Crippen molar-refractivity contribution in [3.05, 3.63) is 52.3 Å². The number of nitrogens with zero attached hydrogens (tertiary/aromatic N) is 4. The zero-order valence-corrected chi connectivity index (χ0v) is 23.8. The third kappa shape index (κ3) is 5.94. The van der Waals surface area contributed by atoms with E-state index < -0.39 is 46.9 Å². The maximum Gasteiger partial charge on any atom is 0.417 e. The first kappa shape index (κ1) is 29.7. The fourth-order valence-electron chi connectivity index (χ4n) is 4.85. The van der Waals surface area contributed by atoms with Crippen molar-refractivity contribution in [1.82, 2.24) is 14.6 Å². The highest BCUT2D eigenvalue weighted by Crippen LogP contribution is 2.33. The number of imide groups is 1. The van der Waals surface area contributed by atoms with Crippen LogP contribution in [0.25, 0.3) is 16.7 Å². The summed E-state index contributed by atoms with van der Waals surface area (Å²) in [6, 6.07) is 2.42. The third-order valence-corrected chi connectivity index (χ3v) is 6.70. The van der Waals surface area contributed by atoms with Gasteiger partial charge in [-0.1, -0.05) is 12.1 Å². The molecule has 1 aromatic carbocycles. The van der Waals surface area contributed by atoms with Gasteiger partial charge in [0.2, 0.25) is 11.3 Å². The standard InChI is InChI=1S/C28H34FN5O7/c1-7-39-26(37)18-13-33(23-8-9-40-31-23)20-11-21(19(29)10-17(20)24(18)35)32-12-15(2)22(14-32)34(25(36)16(3)30)27(38)41-28(4,5)6/h8-11,13,15-16,22H,7,12,14,30H2,1-6H3/t15-,16-,22+/m0/s1. The molecule has 0 radical (unpaired) electrons. The summed E-state index contributed by atoms with van der Waals surface area (Å²) in [6.07, 6.45) is 1.77. The van der Waals surface area contributed by atoms with Crippen molar-refractivity contribution in [1.29, 1.82) is 0 Å². The highest BCUT2D eigenvalue weighted by atomic mass is 19.1. The Hall–Kier alpha value is -4.26. The predicted octanol–water partition coefficient (Wildman–Crippen LogP) is 3.23. The molecule has 12 nitrogen and oxygen atoms in total. The summed E-state index contributed by atoms with van der Waals surface area (Å²) in [6.45, 7) is 10.4. The number of aromatic nitrogens is 2. The maximum absolute atomic E-state index is 15.7. The molecule has 220 valence electrons. The molecule has 3 aromatic rings. The number of carbonyl (C=O) groups excluding carboxylic acids is 3. The molecule has 0 bridgehead atoms. The van der Waals surface area contributed by atoms with E-state index in [1.54, 1.807) is 32.6 Å². The summed E-state index contributed by atoms with van der Waals surface area (Å²) >= 11 is 0. The molecule has 1 aliphatic heterocycles. The minimum Gasteiger partial charge on any atom is -0.462 e. The smallest absolute Gasteiger partial charge is 0.417 e. The normalized spacial score (nSPS) is 17.9. The SMILES string of the molecule is CCOC(=O)c1cn(-c2ccon2)c2cc(N3C[C@@H](N(C(=O)OC(C)(C)C)C(=O)[C@H](C)N)[C@@H](C)C3)c(F)cc2c1=O. The van der Waals surface area contributed by atoms with E-state index in [1.165, 1.54) is 36.1 Å². The van der Waals surface area contributed by atoms with Crippen molar-refractivity contribution >= 4 is 34.6 Å². The van der Waals surface area contributed by atoms with E-state index in [9.17, 15) is 19.2 Å². The topological polar surface area (TPSA) is 150 Å². The van der Waals surface area contributed by atoms with Gasteiger partial charge in [0.1, 0.15) is 23.2 Å². The van der Waals surface area contributed by atoms with E-state index in [4.69, 9.17) is 19.7 Å². The molecule has 0 spiro atoms. The molecule has 41 heavy (non-hydrogen) atoms. The van der Waals surface area contributed by atoms with Crippen LogP contribution in [-0.2, 0) is 14.3 Å². The Labute approximate surface area is 235 Å². The molecule has 2 N–H and O–H groups in total. The van der Waals surface area contributed by atoms with Crippen LogP contribution >= 0.6 is 0 Å². The quantitative estimate of drug-likeness (QED) is 0.437. The second kappa shape index (κ2) is 11.3. The number of ether oxygens (including phenoxy) is 2. The lowest BCUT2D eigenvalue weighted by molar-refractivity contribution is -0.133. The van der Waals surface area contributed by atoms with Gasteiger partial charge in [-0.2, -0.15) is 0 Å². The van der Waals surface area contributed by atoms with E-state index in [-0.39, 0.29) is 53.6 Å². The van der Waals surface area contributed by atoms with Gasteiger partial charge in [-0.05, 0) is 52.7 Å². The summed E-state index contributed by atoms with van der Waals surface area (Å²) in [4.78, 5) is 54.6. The van der Waals surface area contributed by atoms with Crippen LogP contribution < -0.4 is 16.1 Å². The molecule has 3 heterocycles. The molecule has 1 saturated heterocycles. The molecule has 0 aliphatic carbocycles. The monoisotopic (exact) mass is 571 g/mol. The van der Waals surface area contributed by atoms with Gasteiger partial charge in [0, 0.05) is 25.4 Å². The number of hydrogen-bond donors (Lipinski definition) is 1. The lowest BCUT2D eigenvalue weighted by Gasteiger charge is -2.32. The summed E-state index contributed by atoms with van der Waals surface area (Å²) in [7, 11) is 0. The van der Waals surface area contributed by atoms with Crippen LogP contribution in [0.3, 0.4) is 0 Å². The fourth-order valence-corrected chi connectivity index (χ4v) is 4.85. The molecule has 1 fully saturated rings. The number of fused-ring (bicyclic) bond motifs is 1. The number of benzene rings is 1. The molecule has 4 rings (SSSR count). The average molecular weight is 572 g/mol. The van der Waals surface area contributed by atoms with Crippen LogP contribution in [0.2, 0.25) is 0 Å². The number of esters is 1. The van der Waals surface area contributed by atoms with Crippen LogP contribution in [0.5, 0.6) is 0 Å².